The number of carbonyl (C=O) groups excluding carboxylic acids is 2. The Kier molecular flexibility index (Phi) is 4.11. The molecule has 2 amide bonds. The SMILES string of the molecule is CCCN1C[C@]23C=C[C@H](O2)[C@H](C(=O)NCCc2nnc(C)s2)[C@@H]3C1=O. The van der Waals surface area contributed by atoms with E-state index in [-0.39, 0.29) is 17.9 Å². The largest absolute Gasteiger partial charge is 0.360 e. The minimum atomic E-state index is -0.602. The molecule has 1 N–H and O–H groups in total. The monoisotopic (exact) mass is 362 g/mol. The fourth-order valence-corrected chi connectivity index (χ4v) is 4.89. The second kappa shape index (κ2) is 6.17. The lowest BCUT2D eigenvalue weighted by Crippen LogP contribution is -2.44. The van der Waals surface area contributed by atoms with Gasteiger partial charge >= 0.3 is 0 Å². The maximum atomic E-state index is 12.8. The van der Waals surface area contributed by atoms with E-state index in [1.54, 1.807) is 0 Å². The predicted molar refractivity (Wildman–Crippen MR) is 92.0 cm³/mol. The van der Waals surface area contributed by atoms with Crippen LogP contribution in [0.25, 0.3) is 0 Å². The van der Waals surface area contributed by atoms with E-state index in [0.717, 1.165) is 16.4 Å². The maximum Gasteiger partial charge on any atom is 0.230 e. The molecule has 1 spiro atoms. The van der Waals surface area contributed by atoms with Crippen LogP contribution in [0.2, 0.25) is 0 Å². The van der Waals surface area contributed by atoms with Crippen LogP contribution in [0.1, 0.15) is 23.4 Å². The quantitative estimate of drug-likeness (QED) is 0.753. The van der Waals surface area contributed by atoms with Crippen molar-refractivity contribution >= 4 is 23.2 Å². The molecule has 1 aromatic heterocycles. The Bertz CT molecular complexity index is 733. The molecule has 2 bridgehead atoms. The minimum absolute atomic E-state index is 0.0496. The van der Waals surface area contributed by atoms with E-state index in [0.29, 0.717) is 26.1 Å². The van der Waals surface area contributed by atoms with Crippen LogP contribution in [-0.4, -0.2) is 58.3 Å². The lowest BCUT2D eigenvalue weighted by atomic mass is 9.77. The first-order valence-electron chi connectivity index (χ1n) is 8.77. The summed E-state index contributed by atoms with van der Waals surface area (Å²) < 4.78 is 6.08. The first-order valence-corrected chi connectivity index (χ1v) is 9.58. The number of aryl methyl sites for hydroxylation is 1. The van der Waals surface area contributed by atoms with Gasteiger partial charge in [-0.3, -0.25) is 9.59 Å². The van der Waals surface area contributed by atoms with E-state index < -0.39 is 17.4 Å². The number of hydrogen-bond acceptors (Lipinski definition) is 6. The van der Waals surface area contributed by atoms with Crippen LogP contribution in [0.4, 0.5) is 0 Å². The van der Waals surface area contributed by atoms with Gasteiger partial charge in [-0.25, -0.2) is 0 Å². The van der Waals surface area contributed by atoms with Gasteiger partial charge in [-0.05, 0) is 13.3 Å². The third-order valence-electron chi connectivity index (χ3n) is 5.18. The van der Waals surface area contributed by atoms with Gasteiger partial charge in [0, 0.05) is 19.5 Å². The van der Waals surface area contributed by atoms with E-state index in [4.69, 9.17) is 4.74 Å². The van der Waals surface area contributed by atoms with Crippen molar-refractivity contribution in [2.45, 2.75) is 38.4 Å². The van der Waals surface area contributed by atoms with E-state index in [1.165, 1.54) is 11.3 Å². The van der Waals surface area contributed by atoms with Crippen molar-refractivity contribution in [3.8, 4) is 0 Å². The normalized spacial score (nSPS) is 32.5. The molecule has 8 heteroatoms. The Labute approximate surface area is 150 Å². The summed E-state index contributed by atoms with van der Waals surface area (Å²) in [5.41, 5.74) is -0.602. The van der Waals surface area contributed by atoms with E-state index >= 15 is 0 Å². The molecule has 0 radical (unpaired) electrons. The highest BCUT2D eigenvalue weighted by molar-refractivity contribution is 7.11. The maximum absolute atomic E-state index is 12.8. The number of carbonyl (C=O) groups is 2. The molecule has 4 atom stereocenters. The Morgan fingerprint density at radius 1 is 1.52 bits per heavy atom. The minimum Gasteiger partial charge on any atom is -0.360 e. The summed E-state index contributed by atoms with van der Waals surface area (Å²) in [6.45, 7) is 5.72. The Hall–Kier alpha value is -1.80. The predicted octanol–water partition coefficient (Wildman–Crippen LogP) is 0.697. The third-order valence-corrected chi connectivity index (χ3v) is 6.08. The van der Waals surface area contributed by atoms with Crippen molar-refractivity contribution in [2.75, 3.05) is 19.6 Å². The van der Waals surface area contributed by atoms with Crippen LogP contribution in [0.3, 0.4) is 0 Å². The molecule has 0 aliphatic carbocycles. The summed E-state index contributed by atoms with van der Waals surface area (Å²) in [4.78, 5) is 27.4. The average molecular weight is 362 g/mol. The summed E-state index contributed by atoms with van der Waals surface area (Å²) >= 11 is 1.53. The number of aromatic nitrogens is 2. The molecule has 0 saturated carbocycles. The van der Waals surface area contributed by atoms with Gasteiger partial charge in [-0.2, -0.15) is 0 Å². The molecule has 0 unspecified atom stereocenters. The molecule has 3 aliphatic rings. The molecule has 134 valence electrons. The van der Waals surface area contributed by atoms with Crippen LogP contribution in [0.5, 0.6) is 0 Å². The first-order chi connectivity index (χ1) is 12.0. The molecular weight excluding hydrogens is 340 g/mol. The fourth-order valence-electron chi connectivity index (χ4n) is 4.19. The van der Waals surface area contributed by atoms with Gasteiger partial charge < -0.3 is 15.0 Å². The molecule has 7 nitrogen and oxygen atoms in total. The van der Waals surface area contributed by atoms with Crippen molar-refractivity contribution in [3.05, 3.63) is 22.2 Å². The number of hydrogen-bond donors (Lipinski definition) is 1. The van der Waals surface area contributed by atoms with Gasteiger partial charge in [-0.15, -0.1) is 21.5 Å². The fraction of sp³-hybridized carbons (Fsp3) is 0.647. The number of nitrogens with one attached hydrogen (secondary N) is 1. The Morgan fingerprint density at radius 3 is 3.08 bits per heavy atom. The second-order valence-corrected chi connectivity index (χ2v) is 8.18. The number of amides is 2. The summed E-state index contributed by atoms with van der Waals surface area (Å²) in [6.07, 6.45) is 5.19. The van der Waals surface area contributed by atoms with Crippen molar-refractivity contribution in [2.24, 2.45) is 11.8 Å². The molecule has 0 aromatic carbocycles. The standard InChI is InChI=1S/C17H22N4O3S/c1-3-8-21-9-17-6-4-11(24-17)13(14(17)16(21)23)15(22)18-7-5-12-20-19-10(2)25-12/h4,6,11,13-14H,3,5,7-9H2,1-2H3,(H,18,22)/t11-,13-,14+,17-/m0/s1. The second-order valence-electron chi connectivity index (χ2n) is 6.92. The van der Waals surface area contributed by atoms with Gasteiger partial charge in [0.25, 0.3) is 0 Å². The highest BCUT2D eigenvalue weighted by atomic mass is 32.1. The van der Waals surface area contributed by atoms with E-state index in [2.05, 4.69) is 15.5 Å². The zero-order valence-electron chi connectivity index (χ0n) is 14.4. The zero-order chi connectivity index (χ0) is 17.6. The van der Waals surface area contributed by atoms with Crippen LogP contribution in [0, 0.1) is 18.8 Å². The van der Waals surface area contributed by atoms with Crippen LogP contribution >= 0.6 is 11.3 Å². The van der Waals surface area contributed by atoms with Gasteiger partial charge in [0.1, 0.15) is 15.6 Å². The van der Waals surface area contributed by atoms with Crippen LogP contribution in [-0.2, 0) is 20.7 Å². The molecule has 3 aliphatic heterocycles. The topological polar surface area (TPSA) is 84.4 Å². The zero-order valence-corrected chi connectivity index (χ0v) is 15.2. The van der Waals surface area contributed by atoms with Crippen LogP contribution < -0.4 is 5.32 Å². The van der Waals surface area contributed by atoms with Crippen LogP contribution in [0.15, 0.2) is 12.2 Å². The molecule has 25 heavy (non-hydrogen) atoms. The van der Waals surface area contributed by atoms with Gasteiger partial charge in [0.15, 0.2) is 0 Å². The number of ether oxygens (including phenoxy) is 1. The number of likely N-dealkylation sites (tertiary alicyclic amines) is 1. The van der Waals surface area contributed by atoms with Gasteiger partial charge in [-0.1, -0.05) is 19.1 Å². The molecular formula is C17H22N4O3S. The van der Waals surface area contributed by atoms with Crippen molar-refractivity contribution < 1.29 is 14.3 Å². The first kappa shape index (κ1) is 16.7. The average Bonchev–Trinajstić information content (AvgIpc) is 3.30. The smallest absolute Gasteiger partial charge is 0.230 e. The Morgan fingerprint density at radius 2 is 2.36 bits per heavy atom. The number of fused-ring (bicyclic) bond motifs is 1. The van der Waals surface area contributed by atoms with E-state index in [1.807, 2.05) is 30.9 Å². The summed E-state index contributed by atoms with van der Waals surface area (Å²) in [7, 11) is 0. The Balaban J connectivity index is 1.42. The summed E-state index contributed by atoms with van der Waals surface area (Å²) in [6, 6.07) is 0. The number of nitrogens with zero attached hydrogens (tertiary/aromatic N) is 3. The molecule has 2 saturated heterocycles. The summed E-state index contributed by atoms with van der Waals surface area (Å²) in [5, 5.41) is 12.8. The molecule has 4 rings (SSSR count). The third kappa shape index (κ3) is 2.67. The highest BCUT2D eigenvalue weighted by Gasteiger charge is 2.66. The van der Waals surface area contributed by atoms with E-state index in [9.17, 15) is 9.59 Å². The highest BCUT2D eigenvalue weighted by Crippen LogP contribution is 2.51. The van der Waals surface area contributed by atoms with Crippen molar-refractivity contribution in [1.29, 1.82) is 0 Å². The molecule has 2 fully saturated rings. The van der Waals surface area contributed by atoms with Gasteiger partial charge in [0.05, 0.1) is 24.5 Å². The molecule has 4 heterocycles. The lowest BCUT2D eigenvalue weighted by Gasteiger charge is -2.23. The lowest BCUT2D eigenvalue weighted by molar-refractivity contribution is -0.137. The summed E-state index contributed by atoms with van der Waals surface area (Å²) in [5.74, 6) is -0.879. The van der Waals surface area contributed by atoms with Crippen molar-refractivity contribution in [1.82, 2.24) is 20.4 Å². The van der Waals surface area contributed by atoms with Crippen molar-refractivity contribution in [3.63, 3.8) is 0 Å². The van der Waals surface area contributed by atoms with Gasteiger partial charge in [0.2, 0.25) is 11.8 Å². The molecule has 1 aromatic rings. The number of rotatable bonds is 6.